The zero-order valence-electron chi connectivity index (χ0n) is 29.2. The number of fused-ring (bicyclic) bond motifs is 1. The van der Waals surface area contributed by atoms with Gasteiger partial charge in [0.05, 0.1) is 28.2 Å². The van der Waals surface area contributed by atoms with Crippen molar-refractivity contribution in [3.63, 3.8) is 0 Å². The molecule has 1 heterocycles. The Balaban J connectivity index is 1.62. The lowest BCUT2D eigenvalue weighted by Gasteiger charge is -2.63. The third-order valence-electron chi connectivity index (χ3n) is 10.6. The molecule has 1 saturated heterocycles. The predicted octanol–water partition coefficient (Wildman–Crippen LogP) is 5.75. The van der Waals surface area contributed by atoms with Crippen LogP contribution in [0.15, 0.2) is 91.0 Å². The van der Waals surface area contributed by atoms with Crippen LogP contribution < -0.4 is 0 Å². The van der Waals surface area contributed by atoms with Crippen LogP contribution >= 0.6 is 0 Å². The highest BCUT2D eigenvalue weighted by molar-refractivity contribution is 5.91. The van der Waals surface area contributed by atoms with Gasteiger partial charge in [-0.05, 0) is 69.0 Å². The largest absolute Gasteiger partial charge is 0.465 e. The highest BCUT2D eigenvalue weighted by Gasteiger charge is 2.84. The van der Waals surface area contributed by atoms with E-state index in [0.29, 0.717) is 6.42 Å². The van der Waals surface area contributed by atoms with E-state index in [-0.39, 0.29) is 23.1 Å². The Hall–Kier alpha value is -5.03. The number of ether oxygens (including phenoxy) is 6. The number of hydrogen-bond acceptors (Lipinski definition) is 11. The monoisotopic (exact) mass is 698 g/mol. The zero-order chi connectivity index (χ0) is 36.6. The minimum atomic E-state index is -1.77. The number of hydrogen-bond donors (Lipinski definition) is 0. The highest BCUT2D eigenvalue weighted by Crippen LogP contribution is 2.68. The van der Waals surface area contributed by atoms with E-state index in [1.54, 1.807) is 105 Å². The van der Waals surface area contributed by atoms with Crippen LogP contribution in [0.25, 0.3) is 0 Å². The molecule has 51 heavy (non-hydrogen) atoms. The Kier molecular flexibility index (Phi) is 9.78. The van der Waals surface area contributed by atoms with Crippen molar-refractivity contribution in [1.29, 1.82) is 0 Å². The van der Waals surface area contributed by atoms with E-state index in [1.165, 1.54) is 13.8 Å². The van der Waals surface area contributed by atoms with Gasteiger partial charge in [0.1, 0.15) is 35.9 Å². The minimum Gasteiger partial charge on any atom is -0.465 e. The van der Waals surface area contributed by atoms with Crippen molar-refractivity contribution in [2.75, 3.05) is 6.61 Å². The molecule has 3 fully saturated rings. The van der Waals surface area contributed by atoms with E-state index in [1.807, 2.05) is 6.92 Å². The Morgan fingerprint density at radius 3 is 1.63 bits per heavy atom. The summed E-state index contributed by atoms with van der Waals surface area (Å²) in [4.78, 5) is 67.7. The molecule has 0 radical (unpaired) electrons. The van der Waals surface area contributed by atoms with E-state index in [2.05, 4.69) is 0 Å². The van der Waals surface area contributed by atoms with Gasteiger partial charge in [-0.3, -0.25) is 9.59 Å². The van der Waals surface area contributed by atoms with Gasteiger partial charge in [-0.15, -0.1) is 0 Å². The molecule has 1 spiro atoms. The average molecular weight is 699 g/mol. The normalized spacial score (nSPS) is 30.2. The summed E-state index contributed by atoms with van der Waals surface area (Å²) in [6, 6.07) is 24.9. The van der Waals surface area contributed by atoms with Crippen LogP contribution in [0.2, 0.25) is 0 Å². The molecule has 0 N–H and O–H groups in total. The van der Waals surface area contributed by atoms with Crippen molar-refractivity contribution in [2.24, 2.45) is 17.3 Å². The second kappa shape index (κ2) is 13.9. The molecule has 3 aliphatic rings. The lowest BCUT2D eigenvalue weighted by atomic mass is 9.47. The molecular formula is C40H42O11. The first-order chi connectivity index (χ1) is 24.3. The molecule has 2 saturated carbocycles. The molecule has 3 aromatic carbocycles. The number of carbonyl (C=O) groups excluding carboxylic acids is 5. The quantitative estimate of drug-likeness (QED) is 0.199. The van der Waals surface area contributed by atoms with E-state index >= 15 is 0 Å². The molecule has 6 rings (SSSR count). The Morgan fingerprint density at radius 2 is 1.14 bits per heavy atom. The summed E-state index contributed by atoms with van der Waals surface area (Å²) < 4.78 is 38.4. The Bertz CT molecular complexity index is 1780. The van der Waals surface area contributed by atoms with Gasteiger partial charge in [0.15, 0.2) is 6.10 Å². The molecule has 1 aliphatic heterocycles. The molecule has 11 nitrogen and oxygen atoms in total. The summed E-state index contributed by atoms with van der Waals surface area (Å²) in [6.45, 7) is 7.50. The molecule has 0 amide bonds. The highest BCUT2D eigenvalue weighted by atomic mass is 16.6. The summed E-state index contributed by atoms with van der Waals surface area (Å²) in [5, 5.41) is 0. The number of esters is 5. The van der Waals surface area contributed by atoms with Crippen LogP contribution in [0.1, 0.15) is 78.5 Å². The molecule has 0 aromatic heterocycles. The Labute approximate surface area is 296 Å². The Morgan fingerprint density at radius 1 is 0.647 bits per heavy atom. The zero-order valence-corrected chi connectivity index (χ0v) is 29.2. The van der Waals surface area contributed by atoms with E-state index in [9.17, 15) is 24.0 Å². The number of benzene rings is 3. The lowest BCUT2D eigenvalue weighted by Crippen LogP contribution is -2.79. The second-order valence-corrected chi connectivity index (χ2v) is 14.0. The van der Waals surface area contributed by atoms with Gasteiger partial charge in [0.25, 0.3) is 0 Å². The van der Waals surface area contributed by atoms with Crippen molar-refractivity contribution in [2.45, 2.75) is 83.1 Å². The van der Waals surface area contributed by atoms with Crippen molar-refractivity contribution < 1.29 is 52.4 Å². The van der Waals surface area contributed by atoms with Gasteiger partial charge in [0, 0.05) is 13.8 Å². The molecule has 2 aliphatic carbocycles. The standard InChI is InChI=1S/C40H42O11/c1-24-21-22-30(48-35(43)27-15-9-6-10-16-27)39(23-46-25(2)41)34(50-37(45)29-19-13-8-14-20-29)32(49-36(44)28-17-11-7-12-18-28)31-33(47-26(3)42)40(24,39)51-38(31,4)5/h6-20,24,30-34H,21-23H2,1-5H3/t24-,30+,31-,32-,33-,34-,39+,40-/m1/s1. The topological polar surface area (TPSA) is 141 Å². The maximum Gasteiger partial charge on any atom is 0.338 e. The summed E-state index contributed by atoms with van der Waals surface area (Å²) in [5.41, 5.74) is -3.83. The molecule has 3 aromatic rings. The van der Waals surface area contributed by atoms with Gasteiger partial charge in [-0.1, -0.05) is 61.5 Å². The first-order valence-electron chi connectivity index (χ1n) is 17.1. The van der Waals surface area contributed by atoms with Crippen molar-refractivity contribution in [1.82, 2.24) is 0 Å². The SMILES string of the molecule is CC(=O)OC[C@@]12[C@@H](OC(=O)c3ccccc3)CC[C@@H](C)[C@]13OC(C)(C)[C@H]([C@@H](OC(=O)c1ccccc1)[C@H]2OC(=O)c1ccccc1)[C@H]3OC(C)=O. The third kappa shape index (κ3) is 6.28. The van der Waals surface area contributed by atoms with Crippen LogP contribution in [-0.4, -0.2) is 72.1 Å². The van der Waals surface area contributed by atoms with Crippen molar-refractivity contribution in [3.8, 4) is 0 Å². The summed E-state index contributed by atoms with van der Waals surface area (Å²) in [7, 11) is 0. The summed E-state index contributed by atoms with van der Waals surface area (Å²) in [5.74, 6) is -4.79. The van der Waals surface area contributed by atoms with Gasteiger partial charge in [-0.2, -0.15) is 0 Å². The smallest absolute Gasteiger partial charge is 0.338 e. The molecule has 11 heteroatoms. The molecule has 268 valence electrons. The fourth-order valence-electron chi connectivity index (χ4n) is 8.59. The van der Waals surface area contributed by atoms with Crippen LogP contribution in [0.5, 0.6) is 0 Å². The van der Waals surface area contributed by atoms with E-state index in [0.717, 1.165) is 0 Å². The van der Waals surface area contributed by atoms with Crippen molar-refractivity contribution >= 4 is 29.8 Å². The van der Waals surface area contributed by atoms with E-state index < -0.39 is 89.3 Å². The van der Waals surface area contributed by atoms with E-state index in [4.69, 9.17) is 28.4 Å². The van der Waals surface area contributed by atoms with Crippen molar-refractivity contribution in [3.05, 3.63) is 108 Å². The number of carbonyl (C=O) groups is 5. The van der Waals surface area contributed by atoms with Crippen LogP contribution in [0.4, 0.5) is 0 Å². The number of rotatable bonds is 9. The molecular weight excluding hydrogens is 656 g/mol. The molecule has 8 atom stereocenters. The fourth-order valence-corrected chi connectivity index (χ4v) is 8.59. The molecule has 0 unspecified atom stereocenters. The fraction of sp³-hybridized carbons (Fsp3) is 0.425. The third-order valence-corrected chi connectivity index (χ3v) is 10.6. The maximum absolute atomic E-state index is 14.1. The average Bonchev–Trinajstić information content (AvgIpc) is 3.30. The summed E-state index contributed by atoms with van der Waals surface area (Å²) in [6.07, 6.45) is -4.40. The minimum absolute atomic E-state index is 0.207. The molecule has 2 bridgehead atoms. The van der Waals surface area contributed by atoms with Gasteiger partial charge in [-0.25, -0.2) is 14.4 Å². The lowest BCUT2D eigenvalue weighted by molar-refractivity contribution is -0.310. The second-order valence-electron chi connectivity index (χ2n) is 14.0. The van der Waals surface area contributed by atoms with Gasteiger partial charge < -0.3 is 28.4 Å². The van der Waals surface area contributed by atoms with Gasteiger partial charge in [0.2, 0.25) is 0 Å². The van der Waals surface area contributed by atoms with Crippen LogP contribution in [0, 0.1) is 17.3 Å². The van der Waals surface area contributed by atoms with Gasteiger partial charge >= 0.3 is 29.8 Å². The predicted molar refractivity (Wildman–Crippen MR) is 181 cm³/mol. The maximum atomic E-state index is 14.1. The first kappa shape index (κ1) is 35.8. The van der Waals surface area contributed by atoms with Crippen LogP contribution in [-0.2, 0) is 38.0 Å². The first-order valence-corrected chi connectivity index (χ1v) is 17.1. The van der Waals surface area contributed by atoms with Crippen LogP contribution in [0.3, 0.4) is 0 Å². The summed E-state index contributed by atoms with van der Waals surface area (Å²) >= 11 is 0.